The van der Waals surface area contributed by atoms with E-state index in [0.717, 1.165) is 19.3 Å². The molecule has 17 heavy (non-hydrogen) atoms. The minimum atomic E-state index is -0.886. The van der Waals surface area contributed by atoms with Crippen molar-refractivity contribution in [3.63, 3.8) is 0 Å². The van der Waals surface area contributed by atoms with Crippen molar-refractivity contribution in [3.8, 4) is 6.07 Å². The molecule has 0 heterocycles. The van der Waals surface area contributed by atoms with Crippen molar-refractivity contribution in [2.45, 2.75) is 46.5 Å². The maximum absolute atomic E-state index is 11.6. The number of nitrogens with zero attached hydrogens (tertiary/aromatic N) is 1. The van der Waals surface area contributed by atoms with Crippen molar-refractivity contribution < 1.29 is 14.3 Å². The van der Waals surface area contributed by atoms with Gasteiger partial charge in [0.25, 0.3) is 5.78 Å². The Morgan fingerprint density at radius 2 is 1.76 bits per heavy atom. The Morgan fingerprint density at radius 3 is 2.18 bits per heavy atom. The zero-order chi connectivity index (χ0) is 13.3. The summed E-state index contributed by atoms with van der Waals surface area (Å²) >= 11 is 0. The van der Waals surface area contributed by atoms with Crippen molar-refractivity contribution in [3.05, 3.63) is 0 Å². The van der Waals surface area contributed by atoms with Crippen LogP contribution >= 0.6 is 0 Å². The summed E-state index contributed by atoms with van der Waals surface area (Å²) in [5.41, 5.74) is 0. The Kier molecular flexibility index (Phi) is 8.04. The van der Waals surface area contributed by atoms with Gasteiger partial charge >= 0.3 is 5.97 Å². The number of Topliss-reactive ketones (excluding diaryl/α,β-unsaturated/α-hetero) is 1. The molecule has 0 rings (SSSR count). The van der Waals surface area contributed by atoms with Gasteiger partial charge in [0.2, 0.25) is 0 Å². The molecule has 0 aliphatic rings. The lowest BCUT2D eigenvalue weighted by Crippen LogP contribution is -2.25. The van der Waals surface area contributed by atoms with Crippen molar-refractivity contribution >= 4 is 11.8 Å². The summed E-state index contributed by atoms with van der Waals surface area (Å²) < 4.78 is 4.61. The van der Waals surface area contributed by atoms with E-state index in [1.165, 1.54) is 0 Å². The van der Waals surface area contributed by atoms with Crippen LogP contribution in [0.15, 0.2) is 0 Å². The summed E-state index contributed by atoms with van der Waals surface area (Å²) in [6, 6.07) is 1.89. The van der Waals surface area contributed by atoms with Crippen LogP contribution in [0.1, 0.15) is 46.5 Å². The van der Waals surface area contributed by atoms with Gasteiger partial charge in [0.05, 0.1) is 12.7 Å². The molecule has 0 amide bonds. The number of carbonyl (C=O) groups excluding carboxylic acids is 2. The van der Waals surface area contributed by atoms with Crippen LogP contribution in [0.5, 0.6) is 0 Å². The van der Waals surface area contributed by atoms with E-state index in [9.17, 15) is 9.59 Å². The highest BCUT2D eigenvalue weighted by atomic mass is 16.5. The number of nitriles is 1. The van der Waals surface area contributed by atoms with E-state index in [0.29, 0.717) is 12.3 Å². The van der Waals surface area contributed by atoms with E-state index in [1.54, 1.807) is 6.92 Å². The fraction of sp³-hybridized carbons (Fsp3) is 0.769. The Morgan fingerprint density at radius 1 is 1.18 bits per heavy atom. The van der Waals surface area contributed by atoms with Gasteiger partial charge in [0.15, 0.2) is 0 Å². The number of carbonyl (C=O) groups is 2. The summed E-state index contributed by atoms with van der Waals surface area (Å²) in [4.78, 5) is 22.8. The van der Waals surface area contributed by atoms with Crippen LogP contribution in [0.4, 0.5) is 0 Å². The van der Waals surface area contributed by atoms with Crippen molar-refractivity contribution in [2.24, 2.45) is 11.8 Å². The quantitative estimate of drug-likeness (QED) is 0.482. The van der Waals surface area contributed by atoms with E-state index in [2.05, 4.69) is 18.6 Å². The van der Waals surface area contributed by atoms with Crippen LogP contribution in [-0.2, 0) is 14.3 Å². The average Bonchev–Trinajstić information content (AvgIpc) is 2.34. The largest absolute Gasteiger partial charge is 0.460 e. The number of ether oxygens (including phenoxy) is 1. The molecule has 0 saturated carbocycles. The average molecular weight is 239 g/mol. The fourth-order valence-corrected chi connectivity index (χ4v) is 1.70. The minimum absolute atomic E-state index is 0.162. The van der Waals surface area contributed by atoms with Crippen LogP contribution in [0.3, 0.4) is 0 Å². The summed E-state index contributed by atoms with van der Waals surface area (Å²) in [6.07, 6.45) is 3.31. The topological polar surface area (TPSA) is 67.2 Å². The Balaban J connectivity index is 4.29. The molecular weight excluding hydrogens is 218 g/mol. The molecule has 0 saturated heterocycles. The number of rotatable bonds is 8. The molecule has 0 aliphatic heterocycles. The highest BCUT2D eigenvalue weighted by Crippen LogP contribution is 2.19. The second kappa shape index (κ2) is 8.74. The smallest absolute Gasteiger partial charge is 0.376 e. The molecule has 0 aromatic rings. The SMILES string of the molecule is CCOC(=O)C(=O)C(C#N)CCC(CC)CC. The first-order chi connectivity index (χ1) is 8.10. The highest BCUT2D eigenvalue weighted by Gasteiger charge is 2.26. The molecule has 0 aliphatic carbocycles. The Hall–Kier alpha value is -1.37. The van der Waals surface area contributed by atoms with E-state index in [1.807, 2.05) is 6.07 Å². The van der Waals surface area contributed by atoms with Crippen LogP contribution in [0.2, 0.25) is 0 Å². The second-order valence-electron chi connectivity index (χ2n) is 4.03. The lowest BCUT2D eigenvalue weighted by Gasteiger charge is -2.13. The molecule has 0 aromatic heterocycles. The standard InChI is InChI=1S/C13H21NO3/c1-4-10(5-2)7-8-11(9-14)12(15)13(16)17-6-3/h10-11H,4-8H2,1-3H3. The molecule has 0 bridgehead atoms. The van der Waals surface area contributed by atoms with Crippen LogP contribution in [0.25, 0.3) is 0 Å². The predicted molar refractivity (Wildman–Crippen MR) is 64.0 cm³/mol. The number of hydrogen-bond donors (Lipinski definition) is 0. The molecule has 96 valence electrons. The lowest BCUT2D eigenvalue weighted by atomic mass is 9.91. The van der Waals surface area contributed by atoms with E-state index in [4.69, 9.17) is 5.26 Å². The summed E-state index contributed by atoms with van der Waals surface area (Å²) in [6.45, 7) is 5.97. The second-order valence-corrected chi connectivity index (χ2v) is 4.03. The maximum atomic E-state index is 11.6. The highest BCUT2D eigenvalue weighted by molar-refractivity contribution is 6.35. The summed E-state index contributed by atoms with van der Waals surface area (Å²) in [5, 5.41) is 8.89. The summed E-state index contributed by atoms with van der Waals surface area (Å²) in [5.74, 6) is -1.93. The monoisotopic (exact) mass is 239 g/mol. The van der Waals surface area contributed by atoms with Gasteiger partial charge in [0.1, 0.15) is 5.92 Å². The molecule has 0 spiro atoms. The third-order valence-corrected chi connectivity index (χ3v) is 2.97. The van der Waals surface area contributed by atoms with E-state index in [-0.39, 0.29) is 6.61 Å². The molecule has 1 atom stereocenters. The lowest BCUT2D eigenvalue weighted by molar-refractivity contribution is -0.154. The van der Waals surface area contributed by atoms with Gasteiger partial charge in [-0.15, -0.1) is 0 Å². The van der Waals surface area contributed by atoms with Crippen LogP contribution < -0.4 is 0 Å². The van der Waals surface area contributed by atoms with Crippen molar-refractivity contribution in [1.82, 2.24) is 0 Å². The van der Waals surface area contributed by atoms with Crippen LogP contribution in [-0.4, -0.2) is 18.4 Å². The first-order valence-corrected chi connectivity index (χ1v) is 6.21. The summed E-state index contributed by atoms with van der Waals surface area (Å²) in [7, 11) is 0. The molecule has 0 aromatic carbocycles. The van der Waals surface area contributed by atoms with Gasteiger partial charge in [-0.05, 0) is 25.7 Å². The normalized spacial score (nSPS) is 11.9. The molecule has 4 nitrogen and oxygen atoms in total. The van der Waals surface area contributed by atoms with Gasteiger partial charge in [-0.3, -0.25) is 4.79 Å². The zero-order valence-electron chi connectivity index (χ0n) is 10.9. The molecule has 0 fully saturated rings. The fourth-order valence-electron chi connectivity index (χ4n) is 1.70. The third-order valence-electron chi connectivity index (χ3n) is 2.97. The zero-order valence-corrected chi connectivity index (χ0v) is 10.9. The molecule has 0 N–H and O–H groups in total. The Labute approximate surface area is 103 Å². The van der Waals surface area contributed by atoms with Crippen molar-refractivity contribution in [2.75, 3.05) is 6.61 Å². The predicted octanol–water partition coefficient (Wildman–Crippen LogP) is 2.47. The molecule has 1 unspecified atom stereocenters. The number of esters is 1. The first-order valence-electron chi connectivity index (χ1n) is 6.21. The minimum Gasteiger partial charge on any atom is -0.460 e. The number of hydrogen-bond acceptors (Lipinski definition) is 4. The first kappa shape index (κ1) is 15.6. The number of ketones is 1. The van der Waals surface area contributed by atoms with E-state index < -0.39 is 17.7 Å². The van der Waals surface area contributed by atoms with Gasteiger partial charge in [-0.2, -0.15) is 5.26 Å². The Bertz CT molecular complexity index is 290. The molecule has 4 heteroatoms. The van der Waals surface area contributed by atoms with Crippen molar-refractivity contribution in [1.29, 1.82) is 5.26 Å². The maximum Gasteiger partial charge on any atom is 0.376 e. The van der Waals surface area contributed by atoms with Gasteiger partial charge in [-0.1, -0.05) is 26.7 Å². The van der Waals surface area contributed by atoms with Crippen LogP contribution in [0, 0.1) is 23.2 Å². The van der Waals surface area contributed by atoms with Gasteiger partial charge < -0.3 is 4.74 Å². The molecular formula is C13H21NO3. The van der Waals surface area contributed by atoms with E-state index >= 15 is 0 Å². The van der Waals surface area contributed by atoms with Gasteiger partial charge in [-0.25, -0.2) is 4.79 Å². The van der Waals surface area contributed by atoms with Gasteiger partial charge in [0, 0.05) is 0 Å². The molecule has 0 radical (unpaired) electrons. The third kappa shape index (κ3) is 5.48.